The zero-order valence-corrected chi connectivity index (χ0v) is 14.9. The summed E-state index contributed by atoms with van der Waals surface area (Å²) in [5.74, 6) is 1.23. The van der Waals surface area contributed by atoms with Gasteiger partial charge in [-0.15, -0.1) is 0 Å². The molecule has 3 amide bonds. The molecule has 1 saturated heterocycles. The van der Waals surface area contributed by atoms with Crippen LogP contribution >= 0.6 is 0 Å². The molecule has 26 heavy (non-hydrogen) atoms. The van der Waals surface area contributed by atoms with E-state index in [9.17, 15) is 9.59 Å². The predicted molar refractivity (Wildman–Crippen MR) is 99.5 cm³/mol. The molecule has 0 spiro atoms. The summed E-state index contributed by atoms with van der Waals surface area (Å²) in [5.41, 5.74) is 1.80. The Kier molecular flexibility index (Phi) is 5.36. The highest BCUT2D eigenvalue weighted by molar-refractivity contribution is 5.97. The number of carbonyl (C=O) groups is 2. The van der Waals surface area contributed by atoms with Crippen molar-refractivity contribution in [2.24, 2.45) is 0 Å². The van der Waals surface area contributed by atoms with Gasteiger partial charge < -0.3 is 15.0 Å². The van der Waals surface area contributed by atoms with Crippen LogP contribution in [0.4, 0.5) is 16.3 Å². The molecule has 1 aliphatic heterocycles. The molecule has 2 N–H and O–H groups in total. The number of aryl methyl sites for hydroxylation is 1. The number of aromatic nitrogens is 1. The van der Waals surface area contributed by atoms with E-state index >= 15 is 0 Å². The first-order valence-electron chi connectivity index (χ1n) is 8.58. The summed E-state index contributed by atoms with van der Waals surface area (Å²) in [4.78, 5) is 30.2. The highest BCUT2D eigenvalue weighted by Gasteiger charge is 2.31. The van der Waals surface area contributed by atoms with Crippen LogP contribution in [-0.2, 0) is 4.79 Å². The molecule has 1 aromatic carbocycles. The number of pyridine rings is 1. The Morgan fingerprint density at radius 2 is 2.08 bits per heavy atom. The van der Waals surface area contributed by atoms with E-state index in [0.29, 0.717) is 19.0 Å². The van der Waals surface area contributed by atoms with E-state index in [0.717, 1.165) is 17.0 Å². The van der Waals surface area contributed by atoms with Crippen LogP contribution in [0.5, 0.6) is 5.75 Å². The summed E-state index contributed by atoms with van der Waals surface area (Å²) in [6, 6.07) is 10.4. The van der Waals surface area contributed by atoms with Gasteiger partial charge in [-0.25, -0.2) is 9.78 Å². The molecule has 2 aromatic rings. The Balaban J connectivity index is 1.58. The second-order valence-electron chi connectivity index (χ2n) is 6.15. The number of carbonyl (C=O) groups excluding carboxylic acids is 2. The SMILES string of the molecule is CCOc1ccc(N2C[C@@H](NC(=O)Nc3cc(C)ccn3)CC2=O)cc1. The highest BCUT2D eigenvalue weighted by Crippen LogP contribution is 2.24. The molecule has 0 bridgehead atoms. The molecule has 0 saturated carbocycles. The number of anilines is 2. The van der Waals surface area contributed by atoms with Crippen LogP contribution < -0.4 is 20.3 Å². The normalized spacial score (nSPS) is 16.5. The fourth-order valence-corrected chi connectivity index (χ4v) is 2.89. The summed E-state index contributed by atoms with van der Waals surface area (Å²) in [6.07, 6.45) is 1.90. The minimum absolute atomic E-state index is 0.0202. The number of nitrogens with zero attached hydrogens (tertiary/aromatic N) is 2. The fourth-order valence-electron chi connectivity index (χ4n) is 2.89. The molecule has 1 aromatic heterocycles. The third-order valence-electron chi connectivity index (χ3n) is 4.08. The average molecular weight is 354 g/mol. The number of amides is 3. The van der Waals surface area contributed by atoms with E-state index in [1.54, 1.807) is 17.2 Å². The molecule has 7 nitrogen and oxygen atoms in total. The quantitative estimate of drug-likeness (QED) is 0.865. The Labute approximate surface area is 152 Å². The van der Waals surface area contributed by atoms with Crippen molar-refractivity contribution < 1.29 is 14.3 Å². The number of hydrogen-bond acceptors (Lipinski definition) is 4. The highest BCUT2D eigenvalue weighted by atomic mass is 16.5. The number of ether oxygens (including phenoxy) is 1. The molecule has 1 atom stereocenters. The van der Waals surface area contributed by atoms with Gasteiger partial charge in [0.05, 0.1) is 12.6 Å². The van der Waals surface area contributed by atoms with Crippen molar-refractivity contribution in [3.05, 3.63) is 48.2 Å². The van der Waals surface area contributed by atoms with E-state index in [1.807, 2.05) is 44.2 Å². The summed E-state index contributed by atoms with van der Waals surface area (Å²) in [6.45, 7) is 4.88. The van der Waals surface area contributed by atoms with Crippen molar-refractivity contribution >= 4 is 23.4 Å². The Bertz CT molecular complexity index is 792. The number of benzene rings is 1. The second-order valence-corrected chi connectivity index (χ2v) is 6.15. The average Bonchev–Trinajstić information content (AvgIpc) is 2.96. The summed E-state index contributed by atoms with van der Waals surface area (Å²) in [7, 11) is 0. The Morgan fingerprint density at radius 1 is 1.31 bits per heavy atom. The molecule has 3 rings (SSSR count). The van der Waals surface area contributed by atoms with Crippen LogP contribution in [0.3, 0.4) is 0 Å². The van der Waals surface area contributed by atoms with Gasteiger partial charge in [-0.05, 0) is 55.8 Å². The first-order chi connectivity index (χ1) is 12.5. The third-order valence-corrected chi connectivity index (χ3v) is 4.08. The molecular weight excluding hydrogens is 332 g/mol. The standard InChI is InChI=1S/C19H22N4O3/c1-3-26-16-6-4-15(5-7-16)23-12-14(11-18(23)24)21-19(25)22-17-10-13(2)8-9-20-17/h4-10,14H,3,11-12H2,1-2H3,(H2,20,21,22,25)/t14-/m0/s1. The number of nitrogens with one attached hydrogen (secondary N) is 2. The van der Waals surface area contributed by atoms with Crippen LogP contribution in [0.15, 0.2) is 42.6 Å². The zero-order valence-electron chi connectivity index (χ0n) is 14.9. The van der Waals surface area contributed by atoms with Crippen molar-refractivity contribution in [2.45, 2.75) is 26.3 Å². The van der Waals surface area contributed by atoms with Gasteiger partial charge in [0, 0.05) is 24.8 Å². The predicted octanol–water partition coefficient (Wildman–Crippen LogP) is 2.72. The Hall–Kier alpha value is -3.09. The lowest BCUT2D eigenvalue weighted by Crippen LogP contribution is -2.39. The first-order valence-corrected chi connectivity index (χ1v) is 8.58. The van der Waals surface area contributed by atoms with Crippen LogP contribution in [0.25, 0.3) is 0 Å². The number of rotatable bonds is 5. The molecular formula is C19H22N4O3. The lowest BCUT2D eigenvalue weighted by atomic mass is 10.2. The summed E-state index contributed by atoms with van der Waals surface area (Å²) in [5, 5.41) is 5.52. The van der Waals surface area contributed by atoms with Gasteiger partial charge in [0.15, 0.2) is 0 Å². The van der Waals surface area contributed by atoms with Gasteiger partial charge in [-0.2, -0.15) is 0 Å². The maximum Gasteiger partial charge on any atom is 0.320 e. The van der Waals surface area contributed by atoms with Crippen LogP contribution in [0.2, 0.25) is 0 Å². The molecule has 0 unspecified atom stereocenters. The van der Waals surface area contributed by atoms with E-state index in [2.05, 4.69) is 15.6 Å². The van der Waals surface area contributed by atoms with Crippen molar-refractivity contribution in [2.75, 3.05) is 23.4 Å². The van der Waals surface area contributed by atoms with Crippen LogP contribution in [0.1, 0.15) is 18.9 Å². The molecule has 7 heteroatoms. The molecule has 0 aliphatic carbocycles. The van der Waals surface area contributed by atoms with Crippen molar-refractivity contribution in [1.82, 2.24) is 10.3 Å². The molecule has 136 valence electrons. The summed E-state index contributed by atoms with van der Waals surface area (Å²) >= 11 is 0. The minimum atomic E-state index is -0.366. The van der Waals surface area contributed by atoms with Crippen molar-refractivity contribution in [3.8, 4) is 5.75 Å². The van der Waals surface area contributed by atoms with E-state index in [4.69, 9.17) is 4.74 Å². The van der Waals surface area contributed by atoms with E-state index in [1.165, 1.54) is 0 Å². The van der Waals surface area contributed by atoms with Crippen LogP contribution in [0, 0.1) is 6.92 Å². The van der Waals surface area contributed by atoms with Gasteiger partial charge in [-0.3, -0.25) is 10.1 Å². The van der Waals surface area contributed by atoms with Crippen LogP contribution in [-0.4, -0.2) is 36.1 Å². The first kappa shape index (κ1) is 17.7. The van der Waals surface area contributed by atoms with Crippen molar-refractivity contribution in [1.29, 1.82) is 0 Å². The fraction of sp³-hybridized carbons (Fsp3) is 0.316. The number of urea groups is 1. The van der Waals surface area contributed by atoms with E-state index < -0.39 is 0 Å². The topological polar surface area (TPSA) is 83.6 Å². The molecule has 1 fully saturated rings. The van der Waals surface area contributed by atoms with Gasteiger partial charge in [0.1, 0.15) is 11.6 Å². The minimum Gasteiger partial charge on any atom is -0.494 e. The smallest absolute Gasteiger partial charge is 0.320 e. The second kappa shape index (κ2) is 7.86. The maximum atomic E-state index is 12.3. The lowest BCUT2D eigenvalue weighted by Gasteiger charge is -2.18. The molecule has 1 aliphatic rings. The van der Waals surface area contributed by atoms with Gasteiger partial charge in [-0.1, -0.05) is 0 Å². The molecule has 2 heterocycles. The number of hydrogen-bond donors (Lipinski definition) is 2. The van der Waals surface area contributed by atoms with Crippen molar-refractivity contribution in [3.63, 3.8) is 0 Å². The third kappa shape index (κ3) is 4.30. The lowest BCUT2D eigenvalue weighted by molar-refractivity contribution is -0.117. The van der Waals surface area contributed by atoms with Gasteiger partial charge in [0.25, 0.3) is 0 Å². The van der Waals surface area contributed by atoms with Gasteiger partial charge in [0.2, 0.25) is 5.91 Å². The largest absolute Gasteiger partial charge is 0.494 e. The zero-order chi connectivity index (χ0) is 18.5. The summed E-state index contributed by atoms with van der Waals surface area (Å²) < 4.78 is 5.41. The maximum absolute atomic E-state index is 12.3. The molecule has 0 radical (unpaired) electrons. The Morgan fingerprint density at radius 3 is 2.77 bits per heavy atom. The van der Waals surface area contributed by atoms with E-state index in [-0.39, 0.29) is 24.4 Å². The van der Waals surface area contributed by atoms with Gasteiger partial charge >= 0.3 is 6.03 Å². The monoisotopic (exact) mass is 354 g/mol.